The van der Waals surface area contributed by atoms with Gasteiger partial charge in [-0.15, -0.1) is 0 Å². The van der Waals surface area contributed by atoms with E-state index in [-0.39, 0.29) is 6.04 Å². The molecule has 1 amide bonds. The maximum atomic E-state index is 10.7. The zero-order chi connectivity index (χ0) is 16.5. The maximum absolute atomic E-state index is 10.7. The van der Waals surface area contributed by atoms with Crippen molar-refractivity contribution in [2.45, 2.75) is 77.7 Å². The first-order valence-corrected chi connectivity index (χ1v) is 9.11. The van der Waals surface area contributed by atoms with Crippen LogP contribution in [0.3, 0.4) is 0 Å². The molecule has 0 saturated carbocycles. The zero-order valence-corrected chi connectivity index (χ0v) is 14.6. The molecule has 0 aliphatic rings. The van der Waals surface area contributed by atoms with Crippen molar-refractivity contribution in [3.05, 3.63) is 0 Å². The molecule has 132 valence electrons. The molecule has 0 heterocycles. The Morgan fingerprint density at radius 2 is 1.45 bits per heavy atom. The van der Waals surface area contributed by atoms with Crippen LogP contribution in [-0.4, -0.2) is 43.4 Å². The van der Waals surface area contributed by atoms with Gasteiger partial charge in [-0.25, -0.2) is 4.79 Å². The number of unbranched alkanes of at least 4 members (excludes halogenated alkanes) is 5. The average Bonchev–Trinajstić information content (AvgIpc) is 2.49. The summed E-state index contributed by atoms with van der Waals surface area (Å²) in [5.74, 6) is 0. The van der Waals surface area contributed by atoms with E-state index in [0.717, 1.165) is 51.9 Å². The van der Waals surface area contributed by atoms with Gasteiger partial charge in [0, 0.05) is 12.6 Å². The highest BCUT2D eigenvalue weighted by Crippen LogP contribution is 2.00. The molecule has 22 heavy (non-hydrogen) atoms. The van der Waals surface area contributed by atoms with Gasteiger partial charge in [-0.1, -0.05) is 46.0 Å². The molecule has 5 nitrogen and oxygen atoms in total. The lowest BCUT2D eigenvalue weighted by Gasteiger charge is -2.17. The van der Waals surface area contributed by atoms with E-state index in [0.29, 0.717) is 0 Å². The van der Waals surface area contributed by atoms with E-state index in [1.807, 2.05) is 0 Å². The van der Waals surface area contributed by atoms with Crippen molar-refractivity contribution < 1.29 is 9.90 Å². The number of carbonyl (C=O) groups is 1. The standard InChI is InChI=1S/C17H37N3O2/c1-3-5-7-8-12-18-13-9-10-14-19-15-16(11-6-4-2)20-17(21)22/h16,18-20H,3-15H2,1-2H3,(H,21,22). The topological polar surface area (TPSA) is 73.4 Å². The Morgan fingerprint density at radius 1 is 0.864 bits per heavy atom. The van der Waals surface area contributed by atoms with Crippen LogP contribution >= 0.6 is 0 Å². The minimum absolute atomic E-state index is 0.0362. The quantitative estimate of drug-likeness (QED) is 0.330. The van der Waals surface area contributed by atoms with Gasteiger partial charge in [0.05, 0.1) is 0 Å². The van der Waals surface area contributed by atoms with Crippen LogP contribution in [0.15, 0.2) is 0 Å². The fourth-order valence-corrected chi connectivity index (χ4v) is 2.43. The van der Waals surface area contributed by atoms with Crippen LogP contribution < -0.4 is 16.0 Å². The number of hydrogen-bond acceptors (Lipinski definition) is 3. The summed E-state index contributed by atoms with van der Waals surface area (Å²) in [7, 11) is 0. The lowest BCUT2D eigenvalue weighted by Crippen LogP contribution is -2.41. The maximum Gasteiger partial charge on any atom is 0.404 e. The monoisotopic (exact) mass is 315 g/mol. The van der Waals surface area contributed by atoms with E-state index in [9.17, 15) is 4.79 Å². The minimum Gasteiger partial charge on any atom is -0.465 e. The Bertz CT molecular complexity index is 250. The number of hydrogen-bond donors (Lipinski definition) is 4. The van der Waals surface area contributed by atoms with Crippen molar-refractivity contribution in [2.75, 3.05) is 26.2 Å². The molecule has 0 aromatic heterocycles. The smallest absolute Gasteiger partial charge is 0.404 e. The van der Waals surface area contributed by atoms with Crippen LogP contribution in [0.4, 0.5) is 4.79 Å². The Kier molecular flexibility index (Phi) is 15.9. The molecule has 0 spiro atoms. The van der Waals surface area contributed by atoms with Crippen LogP contribution in [0.1, 0.15) is 71.6 Å². The van der Waals surface area contributed by atoms with E-state index in [2.05, 4.69) is 29.8 Å². The Labute approximate surface area is 136 Å². The van der Waals surface area contributed by atoms with E-state index < -0.39 is 6.09 Å². The predicted octanol–water partition coefficient (Wildman–Crippen LogP) is 3.35. The molecule has 0 aromatic rings. The van der Waals surface area contributed by atoms with Gasteiger partial charge in [0.15, 0.2) is 0 Å². The summed E-state index contributed by atoms with van der Waals surface area (Å²) in [4.78, 5) is 10.7. The second-order valence-corrected chi connectivity index (χ2v) is 6.01. The summed E-state index contributed by atoms with van der Waals surface area (Å²) < 4.78 is 0. The minimum atomic E-state index is -0.921. The van der Waals surface area contributed by atoms with Crippen LogP contribution in [0.5, 0.6) is 0 Å². The number of nitrogens with one attached hydrogen (secondary N) is 3. The van der Waals surface area contributed by atoms with Gasteiger partial charge < -0.3 is 21.1 Å². The molecule has 0 aliphatic heterocycles. The van der Waals surface area contributed by atoms with E-state index in [4.69, 9.17) is 5.11 Å². The van der Waals surface area contributed by atoms with Gasteiger partial charge in [0.1, 0.15) is 0 Å². The summed E-state index contributed by atoms with van der Waals surface area (Å²) in [6.07, 6.45) is 9.72. The molecule has 4 N–H and O–H groups in total. The summed E-state index contributed by atoms with van der Waals surface area (Å²) in [6.45, 7) is 8.27. The van der Waals surface area contributed by atoms with Crippen molar-refractivity contribution >= 4 is 6.09 Å². The lowest BCUT2D eigenvalue weighted by molar-refractivity contribution is 0.188. The van der Waals surface area contributed by atoms with Gasteiger partial charge >= 0.3 is 6.09 Å². The second kappa shape index (κ2) is 16.6. The molecular weight excluding hydrogens is 278 g/mol. The van der Waals surface area contributed by atoms with E-state index in [1.165, 1.54) is 32.1 Å². The fourth-order valence-electron chi connectivity index (χ4n) is 2.43. The fraction of sp³-hybridized carbons (Fsp3) is 0.941. The largest absolute Gasteiger partial charge is 0.465 e. The number of amides is 1. The first-order valence-electron chi connectivity index (χ1n) is 9.11. The number of carboxylic acid groups (broad SMARTS) is 1. The molecule has 0 saturated heterocycles. The zero-order valence-electron chi connectivity index (χ0n) is 14.6. The lowest BCUT2D eigenvalue weighted by atomic mass is 10.1. The van der Waals surface area contributed by atoms with Gasteiger partial charge in [-0.3, -0.25) is 0 Å². The summed E-state index contributed by atoms with van der Waals surface area (Å²) >= 11 is 0. The Morgan fingerprint density at radius 3 is 2.05 bits per heavy atom. The molecule has 0 rings (SSSR count). The highest BCUT2D eigenvalue weighted by Gasteiger charge is 2.09. The van der Waals surface area contributed by atoms with Gasteiger partial charge in [0.2, 0.25) is 0 Å². The molecule has 0 aliphatic carbocycles. The van der Waals surface area contributed by atoms with Crippen molar-refractivity contribution in [3.63, 3.8) is 0 Å². The highest BCUT2D eigenvalue weighted by atomic mass is 16.4. The van der Waals surface area contributed by atoms with Gasteiger partial charge in [-0.05, 0) is 45.3 Å². The molecule has 0 radical (unpaired) electrons. The number of rotatable bonds is 16. The van der Waals surface area contributed by atoms with E-state index in [1.54, 1.807) is 0 Å². The molecule has 1 atom stereocenters. The summed E-state index contributed by atoms with van der Waals surface area (Å²) in [6, 6.07) is 0.0362. The second-order valence-electron chi connectivity index (χ2n) is 6.01. The molecular formula is C17H37N3O2. The molecule has 0 fully saturated rings. The molecule has 5 heteroatoms. The van der Waals surface area contributed by atoms with Crippen molar-refractivity contribution in [2.24, 2.45) is 0 Å². The SMILES string of the molecule is CCCCCCNCCCCNCC(CCCC)NC(=O)O. The first-order chi connectivity index (χ1) is 10.7. The van der Waals surface area contributed by atoms with Crippen molar-refractivity contribution in [1.29, 1.82) is 0 Å². The van der Waals surface area contributed by atoms with E-state index >= 15 is 0 Å². The van der Waals surface area contributed by atoms with Crippen LogP contribution in [-0.2, 0) is 0 Å². The summed E-state index contributed by atoms with van der Waals surface area (Å²) in [5, 5.41) is 18.3. The normalized spacial score (nSPS) is 12.3. The third-order valence-corrected chi connectivity index (χ3v) is 3.79. The van der Waals surface area contributed by atoms with Crippen LogP contribution in [0.25, 0.3) is 0 Å². The van der Waals surface area contributed by atoms with Gasteiger partial charge in [0.25, 0.3) is 0 Å². The van der Waals surface area contributed by atoms with Crippen molar-refractivity contribution in [3.8, 4) is 0 Å². The van der Waals surface area contributed by atoms with Crippen LogP contribution in [0.2, 0.25) is 0 Å². The predicted molar refractivity (Wildman–Crippen MR) is 93.6 cm³/mol. The highest BCUT2D eigenvalue weighted by molar-refractivity contribution is 5.64. The first kappa shape index (κ1) is 21.2. The third-order valence-electron chi connectivity index (χ3n) is 3.79. The summed E-state index contributed by atoms with van der Waals surface area (Å²) in [5.41, 5.74) is 0. The molecule has 0 aromatic carbocycles. The van der Waals surface area contributed by atoms with Gasteiger partial charge in [-0.2, -0.15) is 0 Å². The van der Waals surface area contributed by atoms with Crippen LogP contribution in [0, 0.1) is 0 Å². The third kappa shape index (κ3) is 15.6. The molecule has 1 unspecified atom stereocenters. The molecule has 0 bridgehead atoms. The average molecular weight is 316 g/mol. The Hall–Kier alpha value is -0.810. The Balaban J connectivity index is 3.39. The van der Waals surface area contributed by atoms with Crippen molar-refractivity contribution in [1.82, 2.24) is 16.0 Å².